The van der Waals surface area contributed by atoms with Crippen molar-refractivity contribution in [2.75, 3.05) is 37.8 Å². The fourth-order valence-corrected chi connectivity index (χ4v) is 3.47. The second-order valence-corrected chi connectivity index (χ2v) is 6.11. The highest BCUT2D eigenvalue weighted by molar-refractivity contribution is 7.99. The molecule has 1 atom stereocenters. The van der Waals surface area contributed by atoms with Gasteiger partial charge < -0.3 is 9.80 Å². The van der Waals surface area contributed by atoms with Gasteiger partial charge in [-0.05, 0) is 12.8 Å². The maximum absolute atomic E-state index is 12.3. The van der Waals surface area contributed by atoms with Crippen LogP contribution in [0.5, 0.6) is 0 Å². The van der Waals surface area contributed by atoms with Gasteiger partial charge in [-0.2, -0.15) is 0 Å². The van der Waals surface area contributed by atoms with Crippen LogP contribution in [0.2, 0.25) is 0 Å². The standard InChI is InChI=1S/C13H23N3O2S/c1-2-4-12(17)15-5-3-6-16(8-7-15)13(18)11-9-19-10-14-11/h11,14H,2-10H2,1H3. The van der Waals surface area contributed by atoms with Crippen LogP contribution >= 0.6 is 11.8 Å². The molecule has 108 valence electrons. The summed E-state index contributed by atoms with van der Waals surface area (Å²) in [7, 11) is 0. The highest BCUT2D eigenvalue weighted by atomic mass is 32.2. The minimum Gasteiger partial charge on any atom is -0.341 e. The van der Waals surface area contributed by atoms with E-state index in [9.17, 15) is 9.59 Å². The number of nitrogens with one attached hydrogen (secondary N) is 1. The third kappa shape index (κ3) is 3.86. The fraction of sp³-hybridized carbons (Fsp3) is 0.846. The SMILES string of the molecule is CCCC(=O)N1CCCN(C(=O)C2CSCN2)CC1. The molecule has 0 aromatic carbocycles. The lowest BCUT2D eigenvalue weighted by Crippen LogP contribution is -2.46. The molecule has 5 nitrogen and oxygen atoms in total. The van der Waals surface area contributed by atoms with E-state index in [4.69, 9.17) is 0 Å². The van der Waals surface area contributed by atoms with Crippen LogP contribution in [0.15, 0.2) is 0 Å². The molecule has 0 bridgehead atoms. The van der Waals surface area contributed by atoms with E-state index < -0.39 is 0 Å². The van der Waals surface area contributed by atoms with E-state index >= 15 is 0 Å². The molecule has 0 saturated carbocycles. The lowest BCUT2D eigenvalue weighted by Gasteiger charge is -2.24. The highest BCUT2D eigenvalue weighted by Gasteiger charge is 2.29. The number of thioether (sulfide) groups is 1. The minimum atomic E-state index is -0.0251. The van der Waals surface area contributed by atoms with Crippen molar-refractivity contribution in [2.45, 2.75) is 32.2 Å². The molecule has 2 amide bonds. The zero-order valence-electron chi connectivity index (χ0n) is 11.6. The quantitative estimate of drug-likeness (QED) is 0.821. The topological polar surface area (TPSA) is 52.7 Å². The number of carbonyl (C=O) groups excluding carboxylic acids is 2. The Morgan fingerprint density at radius 1 is 1.21 bits per heavy atom. The van der Waals surface area contributed by atoms with Crippen molar-refractivity contribution in [2.24, 2.45) is 0 Å². The highest BCUT2D eigenvalue weighted by Crippen LogP contribution is 2.14. The molecule has 2 fully saturated rings. The van der Waals surface area contributed by atoms with Gasteiger partial charge in [-0.15, -0.1) is 11.8 Å². The first-order valence-electron chi connectivity index (χ1n) is 7.10. The molecule has 1 unspecified atom stereocenters. The van der Waals surface area contributed by atoms with E-state index in [-0.39, 0.29) is 17.9 Å². The van der Waals surface area contributed by atoms with Crippen LogP contribution in [-0.4, -0.2) is 65.5 Å². The Morgan fingerprint density at radius 2 is 1.95 bits per heavy atom. The second-order valence-electron chi connectivity index (χ2n) is 5.08. The third-order valence-electron chi connectivity index (χ3n) is 3.64. The number of carbonyl (C=O) groups is 2. The first-order chi connectivity index (χ1) is 9.22. The predicted molar refractivity (Wildman–Crippen MR) is 76.9 cm³/mol. The van der Waals surface area contributed by atoms with E-state index in [2.05, 4.69) is 5.32 Å². The Bertz CT molecular complexity index is 332. The van der Waals surface area contributed by atoms with Crippen molar-refractivity contribution in [3.63, 3.8) is 0 Å². The summed E-state index contributed by atoms with van der Waals surface area (Å²) in [6.45, 7) is 4.95. The smallest absolute Gasteiger partial charge is 0.240 e. The molecular weight excluding hydrogens is 262 g/mol. The van der Waals surface area contributed by atoms with Gasteiger partial charge in [0.1, 0.15) is 0 Å². The second kappa shape index (κ2) is 7.14. The van der Waals surface area contributed by atoms with Crippen LogP contribution < -0.4 is 5.32 Å². The molecule has 0 aromatic heterocycles. The normalized spacial score (nSPS) is 24.4. The molecule has 19 heavy (non-hydrogen) atoms. The molecule has 2 heterocycles. The minimum absolute atomic E-state index is 0.0251. The number of hydrogen-bond acceptors (Lipinski definition) is 4. The van der Waals surface area contributed by atoms with Gasteiger partial charge in [0.25, 0.3) is 0 Å². The van der Waals surface area contributed by atoms with Crippen molar-refractivity contribution in [3.8, 4) is 0 Å². The Kier molecular flexibility index (Phi) is 5.51. The lowest BCUT2D eigenvalue weighted by molar-refractivity contribution is -0.134. The van der Waals surface area contributed by atoms with Crippen LogP contribution in [-0.2, 0) is 9.59 Å². The summed E-state index contributed by atoms with van der Waals surface area (Å²) in [6.07, 6.45) is 2.40. The molecule has 0 radical (unpaired) electrons. The molecular formula is C13H23N3O2S. The van der Waals surface area contributed by atoms with Gasteiger partial charge >= 0.3 is 0 Å². The van der Waals surface area contributed by atoms with Crippen molar-refractivity contribution in [3.05, 3.63) is 0 Å². The maximum atomic E-state index is 12.3. The molecule has 0 aromatic rings. The van der Waals surface area contributed by atoms with E-state index in [1.807, 2.05) is 16.7 Å². The first kappa shape index (κ1) is 14.7. The molecule has 2 rings (SSSR count). The monoisotopic (exact) mass is 285 g/mol. The molecule has 2 saturated heterocycles. The summed E-state index contributed by atoms with van der Waals surface area (Å²) in [5.41, 5.74) is 0. The Hall–Kier alpha value is -0.750. The van der Waals surface area contributed by atoms with Gasteiger partial charge in [0.2, 0.25) is 11.8 Å². The Morgan fingerprint density at radius 3 is 2.63 bits per heavy atom. The lowest BCUT2D eigenvalue weighted by atomic mass is 10.2. The molecule has 6 heteroatoms. The molecule has 2 aliphatic rings. The first-order valence-corrected chi connectivity index (χ1v) is 8.25. The van der Waals surface area contributed by atoms with Crippen molar-refractivity contribution >= 4 is 23.6 Å². The summed E-state index contributed by atoms with van der Waals surface area (Å²) in [5.74, 6) is 2.17. The van der Waals surface area contributed by atoms with Gasteiger partial charge in [-0.1, -0.05) is 6.92 Å². The average Bonchev–Trinajstić information content (AvgIpc) is 2.82. The number of nitrogens with zero attached hydrogens (tertiary/aromatic N) is 2. The van der Waals surface area contributed by atoms with Crippen molar-refractivity contribution in [1.29, 1.82) is 0 Å². The van der Waals surface area contributed by atoms with Crippen molar-refractivity contribution < 1.29 is 9.59 Å². The predicted octanol–water partition coefficient (Wildman–Crippen LogP) is 0.510. The molecule has 2 aliphatic heterocycles. The van der Waals surface area contributed by atoms with Crippen molar-refractivity contribution in [1.82, 2.24) is 15.1 Å². The van der Waals surface area contributed by atoms with Gasteiger partial charge in [-0.3, -0.25) is 14.9 Å². The van der Waals surface area contributed by atoms with E-state index in [0.29, 0.717) is 19.5 Å². The summed E-state index contributed by atoms with van der Waals surface area (Å²) in [5, 5.41) is 3.22. The molecule has 0 aliphatic carbocycles. The largest absolute Gasteiger partial charge is 0.341 e. The van der Waals surface area contributed by atoms with Crippen LogP contribution in [0.4, 0.5) is 0 Å². The third-order valence-corrected chi connectivity index (χ3v) is 4.58. The fourth-order valence-electron chi connectivity index (χ4n) is 2.53. The van der Waals surface area contributed by atoms with Gasteiger partial charge in [-0.25, -0.2) is 0 Å². The zero-order valence-corrected chi connectivity index (χ0v) is 12.4. The maximum Gasteiger partial charge on any atom is 0.240 e. The van der Waals surface area contributed by atoms with Crippen LogP contribution in [0.1, 0.15) is 26.2 Å². The number of amides is 2. The van der Waals surface area contributed by atoms with E-state index in [1.165, 1.54) is 0 Å². The van der Waals surface area contributed by atoms with Gasteiger partial charge in [0.15, 0.2) is 0 Å². The van der Waals surface area contributed by atoms with E-state index in [1.54, 1.807) is 11.8 Å². The number of rotatable bonds is 3. The Labute approximate surface area is 119 Å². The van der Waals surface area contributed by atoms with Crippen LogP contribution in [0.3, 0.4) is 0 Å². The summed E-state index contributed by atoms with van der Waals surface area (Å²) in [6, 6.07) is -0.0251. The van der Waals surface area contributed by atoms with Crippen LogP contribution in [0.25, 0.3) is 0 Å². The molecule has 0 spiro atoms. The van der Waals surface area contributed by atoms with Crippen LogP contribution in [0, 0.1) is 0 Å². The molecule has 1 N–H and O–H groups in total. The summed E-state index contributed by atoms with van der Waals surface area (Å²) < 4.78 is 0. The average molecular weight is 285 g/mol. The zero-order chi connectivity index (χ0) is 13.7. The van der Waals surface area contributed by atoms with Gasteiger partial charge in [0, 0.05) is 44.2 Å². The van der Waals surface area contributed by atoms with Gasteiger partial charge in [0.05, 0.1) is 6.04 Å². The number of hydrogen-bond donors (Lipinski definition) is 1. The summed E-state index contributed by atoms with van der Waals surface area (Å²) >= 11 is 1.77. The summed E-state index contributed by atoms with van der Waals surface area (Å²) in [4.78, 5) is 28.0. The van der Waals surface area contributed by atoms with E-state index in [0.717, 1.165) is 37.6 Å². The Balaban J connectivity index is 1.85.